The van der Waals surface area contributed by atoms with Crippen molar-refractivity contribution in [2.45, 2.75) is 31.8 Å². The highest BCUT2D eigenvalue weighted by atomic mass is 16.4. The second-order valence-electron chi connectivity index (χ2n) is 3.95. The number of carboxylic acid groups (broad SMARTS) is 1. The second-order valence-corrected chi connectivity index (χ2v) is 3.95. The topological polar surface area (TPSA) is 57.5 Å². The summed E-state index contributed by atoms with van der Waals surface area (Å²) in [5.74, 6) is -0.879. The lowest BCUT2D eigenvalue weighted by Crippen LogP contribution is -1.98. The van der Waals surface area contributed by atoms with Crippen molar-refractivity contribution in [2.75, 3.05) is 0 Å². The zero-order chi connectivity index (χ0) is 12.5. The first-order chi connectivity index (χ1) is 8.20. The number of benzene rings is 1. The summed E-state index contributed by atoms with van der Waals surface area (Å²) in [7, 11) is 0. The molecule has 0 bridgehead atoms. The Morgan fingerprint density at radius 2 is 1.88 bits per heavy atom. The van der Waals surface area contributed by atoms with Crippen LogP contribution in [0.3, 0.4) is 0 Å². The van der Waals surface area contributed by atoms with Gasteiger partial charge in [-0.15, -0.1) is 0 Å². The molecule has 1 aliphatic rings. The molecule has 1 aliphatic carbocycles. The van der Waals surface area contributed by atoms with E-state index < -0.39 is 5.97 Å². The first-order valence-electron chi connectivity index (χ1n) is 5.83. The highest BCUT2D eigenvalue weighted by molar-refractivity contribution is 5.87. The maximum absolute atomic E-state index is 10.2. The van der Waals surface area contributed by atoms with Crippen LogP contribution in [0.2, 0.25) is 0 Å². The Balaban J connectivity index is 0.000000171. The molecule has 2 N–H and O–H groups in total. The average molecular weight is 234 g/mol. The van der Waals surface area contributed by atoms with Crippen LogP contribution >= 0.6 is 0 Å². The molecule has 1 aromatic carbocycles. The third kappa shape index (κ3) is 5.88. The molecule has 0 radical (unpaired) electrons. The fraction of sp³-hybridized carbons (Fsp3) is 0.357. The third-order valence-corrected chi connectivity index (χ3v) is 2.50. The van der Waals surface area contributed by atoms with Crippen LogP contribution < -0.4 is 0 Å². The standard InChI is InChI=1S/C7H6O2.C7H12O/c8-7(9)6-4-2-1-3-5-6;8-7-5-3-1-2-4-6-7/h1-5H,(H,8,9);3,5,7-8H,1-2,4,6H2/t;7-/m.1/s1. The summed E-state index contributed by atoms with van der Waals surface area (Å²) >= 11 is 0. The Bertz CT molecular complexity index is 357. The van der Waals surface area contributed by atoms with Crippen LogP contribution in [-0.2, 0) is 0 Å². The molecule has 0 fully saturated rings. The van der Waals surface area contributed by atoms with Crippen LogP contribution in [-0.4, -0.2) is 22.3 Å². The van der Waals surface area contributed by atoms with Gasteiger partial charge >= 0.3 is 5.97 Å². The summed E-state index contributed by atoms with van der Waals surface area (Å²) in [5, 5.41) is 17.4. The van der Waals surface area contributed by atoms with Gasteiger partial charge in [0.15, 0.2) is 0 Å². The molecule has 0 spiro atoms. The average Bonchev–Trinajstić information content (AvgIpc) is 2.59. The van der Waals surface area contributed by atoms with E-state index >= 15 is 0 Å². The Morgan fingerprint density at radius 3 is 2.47 bits per heavy atom. The van der Waals surface area contributed by atoms with Gasteiger partial charge in [-0.3, -0.25) is 0 Å². The summed E-state index contributed by atoms with van der Waals surface area (Å²) in [6.07, 6.45) is 8.33. The zero-order valence-electron chi connectivity index (χ0n) is 9.75. The van der Waals surface area contributed by atoms with Gasteiger partial charge in [0.2, 0.25) is 0 Å². The first-order valence-corrected chi connectivity index (χ1v) is 5.83. The van der Waals surface area contributed by atoms with Gasteiger partial charge in [0, 0.05) is 0 Å². The minimum absolute atomic E-state index is 0.155. The highest BCUT2D eigenvalue weighted by Gasteiger charge is 2.00. The van der Waals surface area contributed by atoms with E-state index in [1.54, 1.807) is 30.3 Å². The van der Waals surface area contributed by atoms with E-state index in [4.69, 9.17) is 10.2 Å². The van der Waals surface area contributed by atoms with E-state index in [1.165, 1.54) is 12.8 Å². The molecule has 0 heterocycles. The van der Waals surface area contributed by atoms with E-state index in [9.17, 15) is 4.79 Å². The lowest BCUT2D eigenvalue weighted by Gasteiger charge is -1.98. The Kier molecular flexibility index (Phi) is 6.04. The number of allylic oxidation sites excluding steroid dienone is 1. The number of aromatic carboxylic acids is 1. The predicted molar refractivity (Wildman–Crippen MR) is 67.0 cm³/mol. The molecule has 3 nitrogen and oxygen atoms in total. The summed E-state index contributed by atoms with van der Waals surface area (Å²) in [4.78, 5) is 10.2. The molecule has 2 rings (SSSR count). The molecule has 0 amide bonds. The normalized spacial score (nSPS) is 18.8. The van der Waals surface area contributed by atoms with Gasteiger partial charge in [0.1, 0.15) is 0 Å². The van der Waals surface area contributed by atoms with Crippen molar-refractivity contribution < 1.29 is 15.0 Å². The predicted octanol–water partition coefficient (Wildman–Crippen LogP) is 2.86. The highest BCUT2D eigenvalue weighted by Crippen LogP contribution is 2.09. The summed E-state index contributed by atoms with van der Waals surface area (Å²) in [6, 6.07) is 8.30. The maximum atomic E-state index is 10.2. The Labute approximate surface area is 101 Å². The van der Waals surface area contributed by atoms with E-state index in [2.05, 4.69) is 6.08 Å². The van der Waals surface area contributed by atoms with Gasteiger partial charge in [0.05, 0.1) is 11.7 Å². The largest absolute Gasteiger partial charge is 0.478 e. The van der Waals surface area contributed by atoms with Gasteiger partial charge in [-0.2, -0.15) is 0 Å². The van der Waals surface area contributed by atoms with Crippen molar-refractivity contribution >= 4 is 5.97 Å². The molecule has 3 heteroatoms. The number of aliphatic hydroxyl groups is 1. The Hall–Kier alpha value is -1.61. The molecule has 17 heavy (non-hydrogen) atoms. The molecule has 0 aromatic heterocycles. The molecule has 0 aliphatic heterocycles. The quantitative estimate of drug-likeness (QED) is 0.734. The minimum atomic E-state index is -0.879. The minimum Gasteiger partial charge on any atom is -0.478 e. The zero-order valence-corrected chi connectivity index (χ0v) is 9.75. The number of carboxylic acids is 1. The van der Waals surface area contributed by atoms with Crippen molar-refractivity contribution in [3.63, 3.8) is 0 Å². The van der Waals surface area contributed by atoms with Gasteiger partial charge in [-0.05, 0) is 31.4 Å². The maximum Gasteiger partial charge on any atom is 0.335 e. The second kappa shape index (κ2) is 7.63. The van der Waals surface area contributed by atoms with Gasteiger partial charge < -0.3 is 10.2 Å². The SMILES string of the molecule is O=C(O)c1ccccc1.O[C@@H]1C=CCCCC1. The van der Waals surface area contributed by atoms with Crippen LogP contribution in [0, 0.1) is 0 Å². The summed E-state index contributed by atoms with van der Waals surface area (Å²) in [5.41, 5.74) is 0.331. The van der Waals surface area contributed by atoms with E-state index in [1.807, 2.05) is 6.08 Å². The number of hydrogen-bond acceptors (Lipinski definition) is 2. The third-order valence-electron chi connectivity index (χ3n) is 2.50. The molecule has 1 atom stereocenters. The monoisotopic (exact) mass is 234 g/mol. The van der Waals surface area contributed by atoms with Crippen LogP contribution in [0.25, 0.3) is 0 Å². The van der Waals surface area contributed by atoms with Gasteiger partial charge in [-0.1, -0.05) is 36.8 Å². The fourth-order valence-corrected chi connectivity index (χ4v) is 1.55. The smallest absolute Gasteiger partial charge is 0.335 e. The van der Waals surface area contributed by atoms with Crippen molar-refractivity contribution in [2.24, 2.45) is 0 Å². The number of rotatable bonds is 1. The lowest BCUT2D eigenvalue weighted by atomic mass is 10.2. The number of hydrogen-bond donors (Lipinski definition) is 2. The van der Waals surface area contributed by atoms with Crippen LogP contribution in [0.5, 0.6) is 0 Å². The van der Waals surface area contributed by atoms with Crippen LogP contribution in [0.1, 0.15) is 36.0 Å². The van der Waals surface area contributed by atoms with Gasteiger partial charge in [-0.25, -0.2) is 4.79 Å². The molecular formula is C14H18O3. The fourth-order valence-electron chi connectivity index (χ4n) is 1.55. The molecule has 0 saturated heterocycles. The summed E-state index contributed by atoms with van der Waals surface area (Å²) < 4.78 is 0. The van der Waals surface area contributed by atoms with E-state index in [0.29, 0.717) is 5.56 Å². The lowest BCUT2D eigenvalue weighted by molar-refractivity contribution is 0.0697. The Morgan fingerprint density at radius 1 is 1.18 bits per heavy atom. The van der Waals surface area contributed by atoms with Gasteiger partial charge in [0.25, 0.3) is 0 Å². The number of aliphatic hydroxyl groups excluding tert-OH is 1. The number of carbonyl (C=O) groups is 1. The first kappa shape index (κ1) is 13.5. The van der Waals surface area contributed by atoms with Crippen molar-refractivity contribution in [1.29, 1.82) is 0 Å². The molecule has 1 aromatic rings. The molecular weight excluding hydrogens is 216 g/mol. The summed E-state index contributed by atoms with van der Waals surface area (Å²) in [6.45, 7) is 0. The molecule has 0 saturated carbocycles. The van der Waals surface area contributed by atoms with Crippen molar-refractivity contribution in [3.05, 3.63) is 48.0 Å². The van der Waals surface area contributed by atoms with Crippen LogP contribution in [0.4, 0.5) is 0 Å². The van der Waals surface area contributed by atoms with Crippen LogP contribution in [0.15, 0.2) is 42.5 Å². The van der Waals surface area contributed by atoms with E-state index in [-0.39, 0.29) is 6.10 Å². The molecule has 0 unspecified atom stereocenters. The van der Waals surface area contributed by atoms with Crippen molar-refractivity contribution in [1.82, 2.24) is 0 Å². The van der Waals surface area contributed by atoms with Crippen molar-refractivity contribution in [3.8, 4) is 0 Å². The molecule has 92 valence electrons. The van der Waals surface area contributed by atoms with E-state index in [0.717, 1.165) is 12.8 Å².